The number of hydrogen-bond donors (Lipinski definition) is 1. The quantitative estimate of drug-likeness (QED) is 0.652. The molecule has 1 aliphatic rings. The fourth-order valence-corrected chi connectivity index (χ4v) is 2.11. The standard InChI is InChI=1S/C13H17N3O4.ClH/c1-15(11-5-6-14-8-11)13(17)9-20-12-4-2-3-10(7-12)16(18)19;/h2-4,7,11,14H,5-6,8-9H2,1H3;1H. The van der Waals surface area contributed by atoms with Crippen LogP contribution in [0.5, 0.6) is 5.75 Å². The third-order valence-corrected chi connectivity index (χ3v) is 3.37. The molecule has 1 N–H and O–H groups in total. The van der Waals surface area contributed by atoms with Gasteiger partial charge in [0, 0.05) is 25.7 Å². The highest BCUT2D eigenvalue weighted by molar-refractivity contribution is 5.85. The number of hydrogen-bond acceptors (Lipinski definition) is 5. The minimum absolute atomic E-state index is 0. The van der Waals surface area contributed by atoms with Crippen LogP contribution in [-0.2, 0) is 4.79 Å². The van der Waals surface area contributed by atoms with Crippen molar-refractivity contribution in [2.45, 2.75) is 12.5 Å². The molecule has 2 rings (SSSR count). The normalized spacial score (nSPS) is 16.9. The van der Waals surface area contributed by atoms with Crippen molar-refractivity contribution < 1.29 is 14.5 Å². The number of likely N-dealkylation sites (N-methyl/N-ethyl adjacent to an activating group) is 1. The summed E-state index contributed by atoms with van der Waals surface area (Å²) in [6.07, 6.45) is 0.930. The van der Waals surface area contributed by atoms with Gasteiger partial charge in [-0.3, -0.25) is 14.9 Å². The minimum Gasteiger partial charge on any atom is -0.484 e. The van der Waals surface area contributed by atoms with Crippen LogP contribution in [0.15, 0.2) is 24.3 Å². The number of carbonyl (C=O) groups excluding carboxylic acids is 1. The summed E-state index contributed by atoms with van der Waals surface area (Å²) >= 11 is 0. The van der Waals surface area contributed by atoms with Crippen molar-refractivity contribution in [2.75, 3.05) is 26.7 Å². The SMILES string of the molecule is CN(C(=O)COc1cccc([N+](=O)[O-])c1)C1CCNC1.Cl. The Hall–Kier alpha value is -1.86. The summed E-state index contributed by atoms with van der Waals surface area (Å²) in [5.74, 6) is 0.190. The van der Waals surface area contributed by atoms with E-state index in [1.54, 1.807) is 18.0 Å². The van der Waals surface area contributed by atoms with Gasteiger partial charge >= 0.3 is 0 Å². The van der Waals surface area contributed by atoms with Crippen LogP contribution >= 0.6 is 12.4 Å². The number of ether oxygens (including phenoxy) is 1. The number of carbonyl (C=O) groups is 1. The Bertz CT molecular complexity index is 506. The Morgan fingerprint density at radius 2 is 2.33 bits per heavy atom. The molecule has 0 bridgehead atoms. The van der Waals surface area contributed by atoms with Crippen molar-refractivity contribution in [3.05, 3.63) is 34.4 Å². The predicted octanol–water partition coefficient (Wildman–Crippen LogP) is 1.22. The van der Waals surface area contributed by atoms with Crippen molar-refractivity contribution in [3.8, 4) is 5.75 Å². The smallest absolute Gasteiger partial charge is 0.273 e. The van der Waals surface area contributed by atoms with Crippen molar-refractivity contribution in [1.82, 2.24) is 10.2 Å². The summed E-state index contributed by atoms with van der Waals surface area (Å²) in [4.78, 5) is 23.8. The number of amides is 1. The lowest BCUT2D eigenvalue weighted by Gasteiger charge is -2.23. The second kappa shape index (κ2) is 7.80. The van der Waals surface area contributed by atoms with Crippen LogP contribution in [-0.4, -0.2) is 48.5 Å². The first kappa shape index (κ1) is 17.2. The Morgan fingerprint density at radius 1 is 1.57 bits per heavy atom. The van der Waals surface area contributed by atoms with Gasteiger partial charge in [-0.1, -0.05) is 6.07 Å². The fourth-order valence-electron chi connectivity index (χ4n) is 2.11. The molecule has 1 saturated heterocycles. The molecule has 7 nitrogen and oxygen atoms in total. The second-order valence-electron chi connectivity index (χ2n) is 4.69. The zero-order valence-corrected chi connectivity index (χ0v) is 12.5. The van der Waals surface area contributed by atoms with Crippen molar-refractivity contribution in [3.63, 3.8) is 0 Å². The molecule has 1 amide bonds. The Labute approximate surface area is 128 Å². The largest absolute Gasteiger partial charge is 0.484 e. The Balaban J connectivity index is 0.00000220. The Morgan fingerprint density at radius 3 is 2.95 bits per heavy atom. The highest BCUT2D eigenvalue weighted by Gasteiger charge is 2.23. The number of nitrogens with one attached hydrogen (secondary N) is 1. The summed E-state index contributed by atoms with van der Waals surface area (Å²) in [5.41, 5.74) is -0.0525. The predicted molar refractivity (Wildman–Crippen MR) is 79.9 cm³/mol. The summed E-state index contributed by atoms with van der Waals surface area (Å²) in [6.45, 7) is 1.58. The minimum atomic E-state index is -0.495. The molecule has 0 saturated carbocycles. The summed E-state index contributed by atoms with van der Waals surface area (Å²) in [7, 11) is 1.75. The highest BCUT2D eigenvalue weighted by atomic mass is 35.5. The van der Waals surface area contributed by atoms with Gasteiger partial charge in [-0.05, 0) is 19.0 Å². The molecule has 1 aromatic rings. The lowest BCUT2D eigenvalue weighted by Crippen LogP contribution is -2.40. The number of benzene rings is 1. The maximum absolute atomic E-state index is 12.0. The van der Waals surface area contributed by atoms with Gasteiger partial charge in [0.25, 0.3) is 11.6 Å². The van der Waals surface area contributed by atoms with Crippen LogP contribution in [0.1, 0.15) is 6.42 Å². The second-order valence-corrected chi connectivity index (χ2v) is 4.69. The van der Waals surface area contributed by atoms with Gasteiger partial charge in [-0.25, -0.2) is 0 Å². The van der Waals surface area contributed by atoms with E-state index in [1.807, 2.05) is 0 Å². The number of nitrogens with zero attached hydrogens (tertiary/aromatic N) is 2. The maximum Gasteiger partial charge on any atom is 0.273 e. The van der Waals surface area contributed by atoms with E-state index >= 15 is 0 Å². The summed E-state index contributed by atoms with van der Waals surface area (Å²) in [6, 6.07) is 6.01. The molecule has 1 fully saturated rings. The molecule has 1 heterocycles. The molecule has 116 valence electrons. The van der Waals surface area contributed by atoms with Crippen LogP contribution in [0.3, 0.4) is 0 Å². The molecule has 1 aliphatic heterocycles. The van der Waals surface area contributed by atoms with Crippen molar-refractivity contribution in [1.29, 1.82) is 0 Å². The lowest BCUT2D eigenvalue weighted by molar-refractivity contribution is -0.384. The van der Waals surface area contributed by atoms with Gasteiger partial charge in [0.1, 0.15) is 5.75 Å². The molecule has 1 atom stereocenters. The molecule has 1 aromatic carbocycles. The zero-order valence-electron chi connectivity index (χ0n) is 11.7. The first-order valence-electron chi connectivity index (χ1n) is 6.41. The molecule has 0 radical (unpaired) electrons. The molecule has 0 spiro atoms. The van der Waals surface area contributed by atoms with Gasteiger partial charge in [-0.2, -0.15) is 0 Å². The van der Waals surface area contributed by atoms with Crippen LogP contribution in [0.4, 0.5) is 5.69 Å². The molecule has 1 unspecified atom stereocenters. The zero-order chi connectivity index (χ0) is 14.5. The van der Waals surface area contributed by atoms with Crippen molar-refractivity contribution in [2.24, 2.45) is 0 Å². The first-order chi connectivity index (χ1) is 9.58. The van der Waals surface area contributed by atoms with Crippen molar-refractivity contribution >= 4 is 24.0 Å². The lowest BCUT2D eigenvalue weighted by atomic mass is 10.2. The van der Waals surface area contributed by atoms with E-state index in [4.69, 9.17) is 4.74 Å². The summed E-state index contributed by atoms with van der Waals surface area (Å²) < 4.78 is 5.32. The number of rotatable bonds is 5. The number of non-ortho nitro benzene ring substituents is 1. The van der Waals surface area contributed by atoms with Crippen LogP contribution in [0, 0.1) is 10.1 Å². The van der Waals surface area contributed by atoms with E-state index in [2.05, 4.69) is 5.32 Å². The molecule has 0 aliphatic carbocycles. The average molecular weight is 316 g/mol. The molecular formula is C13H18ClN3O4. The van der Waals surface area contributed by atoms with Crippen LogP contribution < -0.4 is 10.1 Å². The average Bonchev–Trinajstić information content (AvgIpc) is 2.98. The first-order valence-corrected chi connectivity index (χ1v) is 6.41. The maximum atomic E-state index is 12.0. The van der Waals surface area contributed by atoms with E-state index in [-0.39, 0.29) is 36.7 Å². The van der Waals surface area contributed by atoms with Gasteiger partial charge < -0.3 is 15.0 Å². The number of nitro groups is 1. The molecule has 8 heteroatoms. The van der Waals surface area contributed by atoms with Gasteiger partial charge in [0.2, 0.25) is 0 Å². The van der Waals surface area contributed by atoms with E-state index in [0.29, 0.717) is 5.75 Å². The van der Waals surface area contributed by atoms with Crippen LogP contribution in [0.25, 0.3) is 0 Å². The van der Waals surface area contributed by atoms with E-state index < -0.39 is 4.92 Å². The number of halogens is 1. The topological polar surface area (TPSA) is 84.7 Å². The number of nitro benzene ring substituents is 1. The third-order valence-electron chi connectivity index (χ3n) is 3.37. The van der Waals surface area contributed by atoms with E-state index in [1.165, 1.54) is 18.2 Å². The molecule has 21 heavy (non-hydrogen) atoms. The van der Waals surface area contributed by atoms with Gasteiger partial charge in [0.05, 0.1) is 11.0 Å². The summed E-state index contributed by atoms with van der Waals surface area (Å²) in [5, 5.41) is 13.8. The third kappa shape index (κ3) is 4.57. The van der Waals surface area contributed by atoms with E-state index in [9.17, 15) is 14.9 Å². The van der Waals surface area contributed by atoms with E-state index in [0.717, 1.165) is 19.5 Å². The van der Waals surface area contributed by atoms with Gasteiger partial charge in [-0.15, -0.1) is 12.4 Å². The monoisotopic (exact) mass is 315 g/mol. The van der Waals surface area contributed by atoms with Crippen LogP contribution in [0.2, 0.25) is 0 Å². The fraction of sp³-hybridized carbons (Fsp3) is 0.462. The van der Waals surface area contributed by atoms with Gasteiger partial charge in [0.15, 0.2) is 6.61 Å². The highest BCUT2D eigenvalue weighted by Crippen LogP contribution is 2.19. The molecule has 0 aromatic heterocycles. The molecular weight excluding hydrogens is 298 g/mol. The Kier molecular flexibility index (Phi) is 6.39.